The first kappa shape index (κ1) is 18.3. The molecule has 3 rings (SSSR count). The molecule has 0 fully saturated rings. The summed E-state index contributed by atoms with van der Waals surface area (Å²) in [7, 11) is 0. The number of carbonyl (C=O) groups is 2. The maximum absolute atomic E-state index is 13.0. The minimum atomic E-state index is -0.604. The smallest absolute Gasteiger partial charge is 0.363 e. The number of benzene rings is 2. The number of hydrogen-bond donors (Lipinski definition) is 0. The van der Waals surface area contributed by atoms with Crippen LogP contribution in [-0.2, 0) is 19.1 Å². The second-order valence-electron chi connectivity index (χ2n) is 5.51. The first-order chi connectivity index (χ1) is 13.0. The van der Waals surface area contributed by atoms with Gasteiger partial charge in [0.2, 0.25) is 5.90 Å². The molecule has 138 valence electrons. The number of halogens is 1. The van der Waals surface area contributed by atoms with Gasteiger partial charge in [-0.25, -0.2) is 19.0 Å². The van der Waals surface area contributed by atoms with Crippen LogP contribution < -0.4 is 4.74 Å². The lowest BCUT2D eigenvalue weighted by atomic mass is 10.2. The van der Waals surface area contributed by atoms with Gasteiger partial charge in [0.1, 0.15) is 11.6 Å². The summed E-state index contributed by atoms with van der Waals surface area (Å²) in [6.45, 7) is 1.79. The van der Waals surface area contributed by atoms with E-state index in [4.69, 9.17) is 14.2 Å². The number of nitrogens with zero attached hydrogens (tertiary/aromatic N) is 1. The number of cyclic esters (lactones) is 1. The Morgan fingerprint density at radius 1 is 1.22 bits per heavy atom. The van der Waals surface area contributed by atoms with Crippen LogP contribution in [0.5, 0.6) is 5.75 Å². The first-order valence-corrected chi connectivity index (χ1v) is 8.22. The molecule has 0 radical (unpaired) electrons. The summed E-state index contributed by atoms with van der Waals surface area (Å²) < 4.78 is 28.3. The average molecular weight is 369 g/mol. The number of esters is 2. The highest BCUT2D eigenvalue weighted by Crippen LogP contribution is 2.21. The van der Waals surface area contributed by atoms with Crippen LogP contribution in [0.15, 0.2) is 59.2 Å². The Kier molecular flexibility index (Phi) is 5.61. The quantitative estimate of drug-likeness (QED) is 0.578. The molecule has 0 aliphatic carbocycles. The number of aliphatic imine (C=N–C) groups is 1. The molecule has 0 aromatic heterocycles. The Morgan fingerprint density at radius 3 is 2.74 bits per heavy atom. The maximum Gasteiger partial charge on any atom is 0.363 e. The van der Waals surface area contributed by atoms with Crippen LogP contribution >= 0.6 is 0 Å². The van der Waals surface area contributed by atoms with Crippen molar-refractivity contribution in [1.29, 1.82) is 0 Å². The van der Waals surface area contributed by atoms with E-state index >= 15 is 0 Å². The van der Waals surface area contributed by atoms with E-state index in [1.807, 2.05) is 0 Å². The van der Waals surface area contributed by atoms with Gasteiger partial charge in [0, 0.05) is 5.56 Å². The summed E-state index contributed by atoms with van der Waals surface area (Å²) in [4.78, 5) is 27.5. The minimum absolute atomic E-state index is 0.108. The summed E-state index contributed by atoms with van der Waals surface area (Å²) in [5.74, 6) is -0.895. The highest BCUT2D eigenvalue weighted by molar-refractivity contribution is 6.12. The van der Waals surface area contributed by atoms with E-state index in [2.05, 4.69) is 4.99 Å². The fourth-order valence-corrected chi connectivity index (χ4v) is 2.32. The molecule has 0 unspecified atom stereocenters. The average Bonchev–Trinajstić information content (AvgIpc) is 3.02. The molecule has 1 aliphatic heterocycles. The standard InChI is InChI=1S/C20H16FNO5/c1-2-25-18(23)12-26-16-5-3-4-13(10-16)11-17-20(24)27-19(22-17)14-6-8-15(21)9-7-14/h3-11H,2,12H2,1H3/b17-11-. The molecular formula is C20H16FNO5. The van der Waals surface area contributed by atoms with E-state index in [9.17, 15) is 14.0 Å². The van der Waals surface area contributed by atoms with Crippen molar-refractivity contribution in [2.75, 3.05) is 13.2 Å². The Balaban J connectivity index is 1.75. The van der Waals surface area contributed by atoms with Gasteiger partial charge in [0.15, 0.2) is 12.3 Å². The molecule has 0 saturated carbocycles. The number of ether oxygens (including phenoxy) is 3. The lowest BCUT2D eigenvalue weighted by Gasteiger charge is -2.06. The topological polar surface area (TPSA) is 74.2 Å². The summed E-state index contributed by atoms with van der Waals surface area (Å²) in [5.41, 5.74) is 1.25. The minimum Gasteiger partial charge on any atom is -0.482 e. The van der Waals surface area contributed by atoms with Crippen LogP contribution in [-0.4, -0.2) is 31.1 Å². The molecule has 0 saturated heterocycles. The molecule has 1 aliphatic rings. The fraction of sp³-hybridized carbons (Fsp3) is 0.150. The monoisotopic (exact) mass is 369 g/mol. The second kappa shape index (κ2) is 8.27. The van der Waals surface area contributed by atoms with Crippen molar-refractivity contribution in [2.45, 2.75) is 6.92 Å². The van der Waals surface area contributed by atoms with Crippen molar-refractivity contribution in [3.05, 3.63) is 71.2 Å². The molecule has 6 nitrogen and oxygen atoms in total. The van der Waals surface area contributed by atoms with Gasteiger partial charge >= 0.3 is 11.9 Å². The van der Waals surface area contributed by atoms with Crippen molar-refractivity contribution in [3.8, 4) is 5.75 Å². The van der Waals surface area contributed by atoms with E-state index in [1.165, 1.54) is 30.3 Å². The summed E-state index contributed by atoms with van der Waals surface area (Å²) in [6.07, 6.45) is 1.54. The molecule has 2 aromatic carbocycles. The molecule has 0 atom stereocenters. The maximum atomic E-state index is 13.0. The summed E-state index contributed by atoms with van der Waals surface area (Å²) in [6, 6.07) is 12.3. The van der Waals surface area contributed by atoms with Crippen LogP contribution in [0, 0.1) is 5.82 Å². The number of hydrogen-bond acceptors (Lipinski definition) is 6. The Labute approximate surface area is 154 Å². The van der Waals surface area contributed by atoms with E-state index in [0.717, 1.165) is 0 Å². The highest BCUT2D eigenvalue weighted by atomic mass is 19.1. The zero-order valence-electron chi connectivity index (χ0n) is 14.5. The van der Waals surface area contributed by atoms with Gasteiger partial charge in [0.25, 0.3) is 0 Å². The highest BCUT2D eigenvalue weighted by Gasteiger charge is 2.24. The van der Waals surface area contributed by atoms with Gasteiger partial charge in [-0.2, -0.15) is 0 Å². The largest absolute Gasteiger partial charge is 0.482 e. The Hall–Kier alpha value is -3.48. The zero-order chi connectivity index (χ0) is 19.2. The fourth-order valence-electron chi connectivity index (χ4n) is 2.32. The molecule has 2 aromatic rings. The van der Waals surface area contributed by atoms with Crippen LogP contribution in [0.4, 0.5) is 4.39 Å². The van der Waals surface area contributed by atoms with Crippen molar-refractivity contribution < 1.29 is 28.2 Å². The van der Waals surface area contributed by atoms with Gasteiger partial charge in [-0.3, -0.25) is 0 Å². The third-order valence-corrected chi connectivity index (χ3v) is 3.54. The normalized spacial score (nSPS) is 14.7. The van der Waals surface area contributed by atoms with Gasteiger partial charge in [-0.05, 0) is 55.0 Å². The lowest BCUT2D eigenvalue weighted by molar-refractivity contribution is -0.145. The van der Waals surface area contributed by atoms with E-state index in [-0.39, 0.29) is 30.6 Å². The molecular weight excluding hydrogens is 353 g/mol. The second-order valence-corrected chi connectivity index (χ2v) is 5.51. The molecule has 0 spiro atoms. The van der Waals surface area contributed by atoms with E-state index in [0.29, 0.717) is 16.9 Å². The SMILES string of the molecule is CCOC(=O)COc1cccc(/C=C2\N=C(c3ccc(F)cc3)OC2=O)c1. The van der Waals surface area contributed by atoms with Crippen LogP contribution in [0.25, 0.3) is 6.08 Å². The predicted octanol–water partition coefficient (Wildman–Crippen LogP) is 3.11. The van der Waals surface area contributed by atoms with Crippen molar-refractivity contribution >= 4 is 23.9 Å². The summed E-state index contributed by atoms with van der Waals surface area (Å²) in [5, 5.41) is 0. The van der Waals surface area contributed by atoms with Gasteiger partial charge in [0.05, 0.1) is 6.61 Å². The lowest BCUT2D eigenvalue weighted by Crippen LogP contribution is -2.14. The Bertz CT molecular complexity index is 918. The van der Waals surface area contributed by atoms with Gasteiger partial charge in [-0.15, -0.1) is 0 Å². The van der Waals surface area contributed by atoms with Crippen LogP contribution in [0.2, 0.25) is 0 Å². The third-order valence-electron chi connectivity index (χ3n) is 3.54. The molecule has 0 bridgehead atoms. The van der Waals surface area contributed by atoms with Gasteiger partial charge in [-0.1, -0.05) is 12.1 Å². The van der Waals surface area contributed by atoms with E-state index < -0.39 is 11.9 Å². The van der Waals surface area contributed by atoms with Crippen molar-refractivity contribution in [1.82, 2.24) is 0 Å². The van der Waals surface area contributed by atoms with E-state index in [1.54, 1.807) is 31.2 Å². The molecule has 0 N–H and O–H groups in total. The van der Waals surface area contributed by atoms with Crippen LogP contribution in [0.1, 0.15) is 18.1 Å². The number of carbonyl (C=O) groups excluding carboxylic acids is 2. The first-order valence-electron chi connectivity index (χ1n) is 8.22. The number of rotatable bonds is 6. The summed E-state index contributed by atoms with van der Waals surface area (Å²) >= 11 is 0. The zero-order valence-corrected chi connectivity index (χ0v) is 14.5. The van der Waals surface area contributed by atoms with Crippen molar-refractivity contribution in [2.24, 2.45) is 4.99 Å². The molecule has 0 amide bonds. The molecule has 27 heavy (non-hydrogen) atoms. The van der Waals surface area contributed by atoms with Gasteiger partial charge < -0.3 is 14.2 Å². The third kappa shape index (κ3) is 4.78. The molecule has 7 heteroatoms. The predicted molar refractivity (Wildman–Crippen MR) is 95.6 cm³/mol. The molecule has 1 heterocycles. The van der Waals surface area contributed by atoms with Crippen molar-refractivity contribution in [3.63, 3.8) is 0 Å². The van der Waals surface area contributed by atoms with Crippen LogP contribution in [0.3, 0.4) is 0 Å². The Morgan fingerprint density at radius 2 is 2.00 bits per heavy atom.